The van der Waals surface area contributed by atoms with Crippen LogP contribution in [0.4, 0.5) is 0 Å². The lowest BCUT2D eigenvalue weighted by molar-refractivity contribution is 0.384. The van der Waals surface area contributed by atoms with Crippen LogP contribution in [-0.4, -0.2) is 26.4 Å². The van der Waals surface area contributed by atoms with Crippen LogP contribution in [0, 0.1) is 6.92 Å². The van der Waals surface area contributed by atoms with Gasteiger partial charge in [-0.05, 0) is 73.4 Å². The molecule has 1 saturated carbocycles. The maximum atomic E-state index is 6.56. The molecule has 228 valence electrons. The topological polar surface area (TPSA) is 54.1 Å². The molecule has 3 aromatic heterocycles. The summed E-state index contributed by atoms with van der Waals surface area (Å²) in [6.45, 7) is 2.09. The lowest BCUT2D eigenvalue weighted by Gasteiger charge is -2.21. The Balaban J connectivity index is 1.20. The fraction of sp³-hybridized carbons (Fsp3) is 0.200. The Morgan fingerprint density at radius 1 is 0.717 bits per heavy atom. The molecule has 0 saturated heterocycles. The molecule has 6 nitrogen and oxygen atoms in total. The number of ether oxygens (including phenoxy) is 2. The van der Waals surface area contributed by atoms with Crippen molar-refractivity contribution < 1.29 is 9.47 Å². The van der Waals surface area contributed by atoms with Crippen LogP contribution in [-0.2, 0) is 0 Å². The molecule has 0 amide bonds. The molecular formula is C40H36N4O2. The molecule has 1 aliphatic carbocycles. The highest BCUT2D eigenvalue weighted by Gasteiger charge is 2.28. The third-order valence-corrected chi connectivity index (χ3v) is 9.19. The summed E-state index contributed by atoms with van der Waals surface area (Å²) < 4.78 is 16.8. The van der Waals surface area contributed by atoms with Crippen molar-refractivity contribution in [1.82, 2.24) is 19.3 Å². The van der Waals surface area contributed by atoms with Gasteiger partial charge >= 0.3 is 0 Å². The van der Waals surface area contributed by atoms with Crippen LogP contribution in [0.5, 0.6) is 17.4 Å². The number of hydrogen-bond donors (Lipinski definition) is 0. The predicted octanol–water partition coefficient (Wildman–Crippen LogP) is 10.2. The van der Waals surface area contributed by atoms with Gasteiger partial charge in [0, 0.05) is 35.0 Å². The zero-order chi connectivity index (χ0) is 31.0. The number of pyridine rings is 1. The maximum Gasteiger partial charge on any atom is 0.224 e. The molecule has 0 unspecified atom stereocenters. The van der Waals surface area contributed by atoms with Crippen LogP contribution in [0.3, 0.4) is 0 Å². The maximum absolute atomic E-state index is 6.56. The van der Waals surface area contributed by atoms with Crippen molar-refractivity contribution in [3.8, 4) is 40.0 Å². The highest BCUT2D eigenvalue weighted by molar-refractivity contribution is 6.09. The lowest BCUT2D eigenvalue weighted by Crippen LogP contribution is -2.07. The summed E-state index contributed by atoms with van der Waals surface area (Å²) in [6.07, 6.45) is 7.94. The SMILES string of the molecule is COc1c(-c2ccccc2)c(C2CCCCC2)nn1-c1cccc(Oc2ccc3c4ccccc4n(-c4cc(C)ccn4)c3c2)c1. The monoisotopic (exact) mass is 604 g/mol. The molecule has 0 bridgehead atoms. The number of benzene rings is 4. The van der Waals surface area contributed by atoms with Crippen LogP contribution in [0.1, 0.15) is 49.3 Å². The van der Waals surface area contributed by atoms with Gasteiger partial charge in [-0.15, -0.1) is 0 Å². The minimum atomic E-state index is 0.417. The second kappa shape index (κ2) is 11.9. The second-order valence-electron chi connectivity index (χ2n) is 12.2. The van der Waals surface area contributed by atoms with E-state index in [4.69, 9.17) is 19.6 Å². The number of fused-ring (bicyclic) bond motifs is 3. The molecule has 1 fully saturated rings. The third kappa shape index (κ3) is 5.00. The van der Waals surface area contributed by atoms with E-state index < -0.39 is 0 Å². The average molecular weight is 605 g/mol. The van der Waals surface area contributed by atoms with E-state index in [2.05, 4.69) is 90.4 Å². The van der Waals surface area contributed by atoms with Gasteiger partial charge in [-0.25, -0.2) is 9.67 Å². The molecule has 7 aromatic rings. The first-order chi connectivity index (χ1) is 22.7. The van der Waals surface area contributed by atoms with Gasteiger partial charge in [0.05, 0.1) is 35.1 Å². The summed E-state index contributed by atoms with van der Waals surface area (Å²) in [7, 11) is 1.74. The second-order valence-corrected chi connectivity index (χ2v) is 12.2. The predicted molar refractivity (Wildman–Crippen MR) is 185 cm³/mol. The van der Waals surface area contributed by atoms with Gasteiger partial charge in [0.15, 0.2) is 0 Å². The highest BCUT2D eigenvalue weighted by atomic mass is 16.5. The Morgan fingerprint density at radius 2 is 1.50 bits per heavy atom. The molecular weight excluding hydrogens is 568 g/mol. The van der Waals surface area contributed by atoms with Crippen LogP contribution >= 0.6 is 0 Å². The summed E-state index contributed by atoms with van der Waals surface area (Å²) in [6, 6.07) is 37.5. The van der Waals surface area contributed by atoms with E-state index in [1.807, 2.05) is 41.2 Å². The van der Waals surface area contributed by atoms with E-state index in [0.717, 1.165) is 80.5 Å². The van der Waals surface area contributed by atoms with Gasteiger partial charge in [-0.3, -0.25) is 4.57 Å². The summed E-state index contributed by atoms with van der Waals surface area (Å²) in [5.74, 6) is 3.53. The van der Waals surface area contributed by atoms with Crippen molar-refractivity contribution in [3.05, 3.63) is 127 Å². The molecule has 0 aliphatic heterocycles. The Labute approximate surface area is 268 Å². The summed E-state index contributed by atoms with van der Waals surface area (Å²) in [5, 5.41) is 7.58. The molecule has 0 radical (unpaired) electrons. The van der Waals surface area contributed by atoms with E-state index in [-0.39, 0.29) is 0 Å². The molecule has 46 heavy (non-hydrogen) atoms. The molecule has 3 heterocycles. The molecule has 0 atom stereocenters. The largest absolute Gasteiger partial charge is 0.480 e. The van der Waals surface area contributed by atoms with Gasteiger partial charge in [0.2, 0.25) is 5.88 Å². The van der Waals surface area contributed by atoms with Crippen LogP contribution < -0.4 is 9.47 Å². The fourth-order valence-electron chi connectivity index (χ4n) is 7.04. The molecule has 0 spiro atoms. The van der Waals surface area contributed by atoms with Gasteiger partial charge in [0.1, 0.15) is 17.3 Å². The van der Waals surface area contributed by atoms with Crippen LogP contribution in [0.15, 0.2) is 115 Å². The lowest BCUT2D eigenvalue weighted by atomic mass is 9.84. The van der Waals surface area contributed by atoms with E-state index in [1.54, 1.807) is 7.11 Å². The average Bonchev–Trinajstić information content (AvgIpc) is 3.65. The van der Waals surface area contributed by atoms with Crippen molar-refractivity contribution in [2.75, 3.05) is 7.11 Å². The standard InChI is InChI=1S/C40H36N4O2/c1-27-22-23-41-37(24-27)43-35-19-10-9-18-33(35)34-21-20-32(26-36(34)43)46-31-17-11-16-30(25-31)44-40(45-2)38(28-12-5-3-6-13-28)39(42-44)29-14-7-4-8-15-29/h3,5-6,9-13,16-26,29H,4,7-8,14-15H2,1-2H3. The molecule has 8 rings (SSSR count). The Morgan fingerprint density at radius 3 is 2.33 bits per heavy atom. The number of hydrogen-bond acceptors (Lipinski definition) is 4. The first-order valence-electron chi connectivity index (χ1n) is 16.1. The number of rotatable bonds is 7. The normalized spacial score (nSPS) is 13.8. The summed E-state index contributed by atoms with van der Waals surface area (Å²) >= 11 is 0. The third-order valence-electron chi connectivity index (χ3n) is 9.19. The number of nitrogens with zero attached hydrogens (tertiary/aromatic N) is 4. The molecule has 1 aliphatic rings. The zero-order valence-corrected chi connectivity index (χ0v) is 26.2. The van der Waals surface area contributed by atoms with Gasteiger partial charge < -0.3 is 9.47 Å². The van der Waals surface area contributed by atoms with Gasteiger partial charge in [-0.1, -0.05) is 73.9 Å². The van der Waals surface area contributed by atoms with E-state index >= 15 is 0 Å². The van der Waals surface area contributed by atoms with Crippen LogP contribution in [0.25, 0.3) is 44.4 Å². The van der Waals surface area contributed by atoms with Crippen molar-refractivity contribution in [2.24, 2.45) is 0 Å². The van der Waals surface area contributed by atoms with Crippen molar-refractivity contribution in [3.63, 3.8) is 0 Å². The minimum absolute atomic E-state index is 0.417. The number of methoxy groups -OCH3 is 1. The molecule has 4 aromatic carbocycles. The Hall–Kier alpha value is -5.36. The minimum Gasteiger partial charge on any atom is -0.480 e. The van der Waals surface area contributed by atoms with E-state index in [0.29, 0.717) is 5.92 Å². The Bertz CT molecular complexity index is 2170. The first-order valence-corrected chi connectivity index (χ1v) is 16.1. The fourth-order valence-corrected chi connectivity index (χ4v) is 7.04. The van der Waals surface area contributed by atoms with E-state index in [1.165, 1.54) is 24.6 Å². The summed E-state index contributed by atoms with van der Waals surface area (Å²) in [5.41, 5.74) is 7.56. The highest BCUT2D eigenvalue weighted by Crippen LogP contribution is 2.43. The smallest absolute Gasteiger partial charge is 0.224 e. The first kappa shape index (κ1) is 28.1. The van der Waals surface area contributed by atoms with Gasteiger partial charge in [0.25, 0.3) is 0 Å². The number of aromatic nitrogens is 4. The van der Waals surface area contributed by atoms with E-state index in [9.17, 15) is 0 Å². The van der Waals surface area contributed by atoms with Crippen molar-refractivity contribution in [1.29, 1.82) is 0 Å². The molecule has 6 heteroatoms. The van der Waals surface area contributed by atoms with Crippen molar-refractivity contribution in [2.45, 2.75) is 44.9 Å². The van der Waals surface area contributed by atoms with Gasteiger partial charge in [-0.2, -0.15) is 5.10 Å². The Kier molecular flexibility index (Phi) is 7.25. The quantitative estimate of drug-likeness (QED) is 0.182. The summed E-state index contributed by atoms with van der Waals surface area (Å²) in [4.78, 5) is 4.72. The zero-order valence-electron chi connectivity index (χ0n) is 26.2. The molecule has 0 N–H and O–H groups in total. The van der Waals surface area contributed by atoms with Crippen LogP contribution in [0.2, 0.25) is 0 Å². The number of aryl methyl sites for hydroxylation is 1. The van der Waals surface area contributed by atoms with Crippen molar-refractivity contribution >= 4 is 21.8 Å². The number of para-hydroxylation sites is 1.